The van der Waals surface area contributed by atoms with Gasteiger partial charge in [-0.15, -0.1) is 0 Å². The lowest BCUT2D eigenvalue weighted by Crippen LogP contribution is -3.11. The molecule has 22 heavy (non-hydrogen) atoms. The number of nitrogens with one attached hydrogen (secondary N) is 3. The Bertz CT molecular complexity index is 529. The van der Waals surface area contributed by atoms with Gasteiger partial charge >= 0.3 is 0 Å². The molecule has 6 nitrogen and oxygen atoms in total. The predicted octanol–water partition coefficient (Wildman–Crippen LogP) is -0.895. The number of rotatable bonds is 8. The lowest BCUT2D eigenvalue weighted by atomic mass is 10.2. The van der Waals surface area contributed by atoms with Crippen LogP contribution in [0.5, 0.6) is 5.75 Å². The van der Waals surface area contributed by atoms with Crippen LogP contribution in [0.15, 0.2) is 24.3 Å². The zero-order chi connectivity index (χ0) is 15.9. The summed E-state index contributed by atoms with van der Waals surface area (Å²) in [4.78, 5) is 24.4. The first-order chi connectivity index (χ1) is 10.6. The van der Waals surface area contributed by atoms with Crippen molar-refractivity contribution in [3.05, 3.63) is 29.8 Å². The largest absolute Gasteiger partial charge is 0.497 e. The molecule has 1 aromatic carbocycles. The lowest BCUT2D eigenvalue weighted by molar-refractivity contribution is -0.862. The quantitative estimate of drug-likeness (QED) is 0.583. The molecule has 1 aliphatic carbocycles. The maximum atomic E-state index is 11.9. The van der Waals surface area contributed by atoms with Gasteiger partial charge in [-0.1, -0.05) is 12.1 Å². The van der Waals surface area contributed by atoms with Crippen molar-refractivity contribution in [2.45, 2.75) is 25.4 Å². The van der Waals surface area contributed by atoms with E-state index >= 15 is 0 Å². The molecular formula is C16H24N3O3+. The van der Waals surface area contributed by atoms with Crippen molar-refractivity contribution in [2.24, 2.45) is 0 Å². The van der Waals surface area contributed by atoms with Crippen molar-refractivity contribution < 1.29 is 19.2 Å². The van der Waals surface area contributed by atoms with Gasteiger partial charge in [0.2, 0.25) is 0 Å². The molecule has 0 aromatic heterocycles. The Morgan fingerprint density at radius 2 is 2.00 bits per heavy atom. The van der Waals surface area contributed by atoms with Crippen LogP contribution < -0.4 is 20.3 Å². The van der Waals surface area contributed by atoms with E-state index in [-0.39, 0.29) is 18.4 Å². The zero-order valence-electron chi connectivity index (χ0n) is 13.1. The Balaban J connectivity index is 1.68. The first kappa shape index (κ1) is 16.3. The molecule has 0 saturated heterocycles. The Hall–Kier alpha value is -2.08. The van der Waals surface area contributed by atoms with E-state index in [9.17, 15) is 9.59 Å². The summed E-state index contributed by atoms with van der Waals surface area (Å²) in [5.41, 5.74) is 0.983. The third kappa shape index (κ3) is 5.73. The van der Waals surface area contributed by atoms with E-state index in [4.69, 9.17) is 4.74 Å². The van der Waals surface area contributed by atoms with Gasteiger partial charge in [0.1, 0.15) is 5.75 Å². The van der Waals surface area contributed by atoms with Crippen LogP contribution in [0.4, 0.5) is 0 Å². The van der Waals surface area contributed by atoms with E-state index < -0.39 is 0 Å². The van der Waals surface area contributed by atoms with Gasteiger partial charge in [-0.25, -0.2) is 0 Å². The average Bonchev–Trinajstić information content (AvgIpc) is 3.28. The summed E-state index contributed by atoms with van der Waals surface area (Å²) in [6.07, 6.45) is 2.15. The number of methoxy groups -OCH3 is 1. The highest BCUT2D eigenvalue weighted by Crippen LogP contribution is 2.18. The van der Waals surface area contributed by atoms with Crippen LogP contribution in [0.25, 0.3) is 0 Å². The molecule has 2 rings (SSSR count). The number of ether oxygens (including phenoxy) is 1. The number of carbonyl (C=O) groups excluding carboxylic acids is 2. The van der Waals surface area contributed by atoms with Crippen LogP contribution in [0.2, 0.25) is 0 Å². The molecule has 0 radical (unpaired) electrons. The second kappa shape index (κ2) is 7.79. The topological polar surface area (TPSA) is 71.9 Å². The van der Waals surface area contributed by atoms with E-state index in [1.54, 1.807) is 7.11 Å². The SMILES string of the molecule is COc1cccc(CNC(=O)C[NH+](C)CC(=O)NC2CC2)c1. The van der Waals surface area contributed by atoms with Gasteiger partial charge in [-0.05, 0) is 30.5 Å². The molecule has 6 heteroatoms. The first-order valence-corrected chi connectivity index (χ1v) is 7.57. The summed E-state index contributed by atoms with van der Waals surface area (Å²) in [7, 11) is 3.46. The second-order valence-electron chi connectivity index (χ2n) is 5.78. The Morgan fingerprint density at radius 3 is 2.68 bits per heavy atom. The van der Waals surface area contributed by atoms with E-state index in [2.05, 4.69) is 10.6 Å². The molecule has 1 aromatic rings. The Morgan fingerprint density at radius 1 is 1.27 bits per heavy atom. The Labute approximate surface area is 130 Å². The highest BCUT2D eigenvalue weighted by atomic mass is 16.5. The van der Waals surface area contributed by atoms with E-state index in [1.165, 1.54) is 0 Å². The van der Waals surface area contributed by atoms with Gasteiger partial charge in [0.25, 0.3) is 11.8 Å². The van der Waals surface area contributed by atoms with Gasteiger partial charge in [-0.2, -0.15) is 0 Å². The second-order valence-corrected chi connectivity index (χ2v) is 5.78. The van der Waals surface area contributed by atoms with Crippen molar-refractivity contribution in [1.29, 1.82) is 0 Å². The van der Waals surface area contributed by atoms with E-state index in [0.717, 1.165) is 29.1 Å². The number of likely N-dealkylation sites (N-methyl/N-ethyl adjacent to an activating group) is 1. The van der Waals surface area contributed by atoms with Crippen molar-refractivity contribution in [2.75, 3.05) is 27.2 Å². The first-order valence-electron chi connectivity index (χ1n) is 7.57. The van der Waals surface area contributed by atoms with Crippen LogP contribution in [0.3, 0.4) is 0 Å². The molecule has 1 aliphatic rings. The highest BCUT2D eigenvalue weighted by Gasteiger charge is 2.24. The molecular weight excluding hydrogens is 282 g/mol. The van der Waals surface area contributed by atoms with Crippen LogP contribution >= 0.6 is 0 Å². The fraction of sp³-hybridized carbons (Fsp3) is 0.500. The summed E-state index contributed by atoms with van der Waals surface area (Å²) in [5, 5.41) is 5.78. The fourth-order valence-corrected chi connectivity index (χ4v) is 2.16. The van der Waals surface area contributed by atoms with Crippen LogP contribution in [0.1, 0.15) is 18.4 Å². The third-order valence-corrected chi connectivity index (χ3v) is 3.49. The number of quaternary nitrogens is 1. The molecule has 0 heterocycles. The molecule has 120 valence electrons. The molecule has 3 N–H and O–H groups in total. The highest BCUT2D eigenvalue weighted by molar-refractivity contribution is 5.79. The maximum absolute atomic E-state index is 11.9. The molecule has 1 fully saturated rings. The summed E-state index contributed by atoms with van der Waals surface area (Å²) >= 11 is 0. The smallest absolute Gasteiger partial charge is 0.275 e. The number of hydrogen-bond acceptors (Lipinski definition) is 3. The minimum atomic E-state index is -0.0699. The fourth-order valence-electron chi connectivity index (χ4n) is 2.16. The molecule has 2 amide bonds. The van der Waals surface area contributed by atoms with Crippen molar-refractivity contribution >= 4 is 11.8 Å². The zero-order valence-corrected chi connectivity index (χ0v) is 13.1. The molecule has 0 bridgehead atoms. The molecule has 1 unspecified atom stereocenters. The summed E-state index contributed by atoms with van der Waals surface area (Å²) < 4.78 is 5.15. The minimum Gasteiger partial charge on any atom is -0.497 e. The number of amides is 2. The van der Waals surface area contributed by atoms with Gasteiger partial charge in [0.05, 0.1) is 14.2 Å². The van der Waals surface area contributed by atoms with Crippen molar-refractivity contribution in [3.8, 4) is 5.75 Å². The number of hydrogen-bond donors (Lipinski definition) is 3. The molecule has 0 aliphatic heterocycles. The average molecular weight is 306 g/mol. The van der Waals surface area contributed by atoms with Crippen LogP contribution in [-0.2, 0) is 16.1 Å². The summed E-state index contributed by atoms with van der Waals surface area (Å²) in [6.45, 7) is 1.06. The van der Waals surface area contributed by atoms with E-state index in [1.807, 2.05) is 31.3 Å². The predicted molar refractivity (Wildman–Crippen MR) is 82.6 cm³/mol. The molecule has 0 spiro atoms. The summed E-state index contributed by atoms with van der Waals surface area (Å²) in [5.74, 6) is 0.714. The summed E-state index contributed by atoms with van der Waals surface area (Å²) in [6, 6.07) is 7.94. The van der Waals surface area contributed by atoms with Crippen LogP contribution in [-0.4, -0.2) is 45.1 Å². The molecule has 1 atom stereocenters. The standard InChI is InChI=1S/C16H23N3O3/c1-19(11-16(21)18-13-6-7-13)10-15(20)17-9-12-4-3-5-14(8-12)22-2/h3-5,8,13H,6-7,9-11H2,1-2H3,(H,17,20)(H,18,21)/p+1. The lowest BCUT2D eigenvalue weighted by Gasteiger charge is -2.13. The minimum absolute atomic E-state index is 0.0144. The number of carbonyl (C=O) groups is 2. The van der Waals surface area contributed by atoms with Gasteiger partial charge in [0, 0.05) is 12.6 Å². The Kier molecular flexibility index (Phi) is 5.77. The third-order valence-electron chi connectivity index (χ3n) is 3.49. The van der Waals surface area contributed by atoms with E-state index in [0.29, 0.717) is 19.1 Å². The van der Waals surface area contributed by atoms with Gasteiger partial charge in [-0.3, -0.25) is 9.59 Å². The van der Waals surface area contributed by atoms with Crippen LogP contribution in [0, 0.1) is 0 Å². The monoisotopic (exact) mass is 306 g/mol. The normalized spacial score (nSPS) is 15.0. The van der Waals surface area contributed by atoms with Crippen molar-refractivity contribution in [1.82, 2.24) is 10.6 Å². The van der Waals surface area contributed by atoms with Gasteiger partial charge < -0.3 is 20.3 Å². The molecule has 1 saturated carbocycles. The maximum Gasteiger partial charge on any atom is 0.275 e. The number of benzene rings is 1. The van der Waals surface area contributed by atoms with Gasteiger partial charge in [0.15, 0.2) is 13.1 Å². The van der Waals surface area contributed by atoms with Crippen molar-refractivity contribution in [3.63, 3.8) is 0 Å².